The van der Waals surface area contributed by atoms with Gasteiger partial charge in [0.25, 0.3) is 5.91 Å². The average Bonchev–Trinajstić information content (AvgIpc) is 2.46. The summed E-state index contributed by atoms with van der Waals surface area (Å²) in [5.41, 5.74) is 0.969. The van der Waals surface area contributed by atoms with Gasteiger partial charge in [0, 0.05) is 7.05 Å². The third kappa shape index (κ3) is 5.10. The van der Waals surface area contributed by atoms with Crippen LogP contribution in [0.1, 0.15) is 25.8 Å². The SMILES string of the molecule is CCOC(=O)CN(C)C(=O)C(CC)Oc1ccccc1C. The van der Waals surface area contributed by atoms with E-state index in [1.807, 2.05) is 38.1 Å². The molecule has 0 saturated carbocycles. The molecule has 1 amide bonds. The highest BCUT2D eigenvalue weighted by Gasteiger charge is 2.24. The van der Waals surface area contributed by atoms with Crippen molar-refractivity contribution < 1.29 is 19.1 Å². The van der Waals surface area contributed by atoms with E-state index in [2.05, 4.69) is 0 Å². The van der Waals surface area contributed by atoms with Crippen molar-refractivity contribution in [1.29, 1.82) is 0 Å². The molecule has 5 heteroatoms. The highest BCUT2D eigenvalue weighted by Crippen LogP contribution is 2.19. The molecule has 0 saturated heterocycles. The number of nitrogens with zero attached hydrogens (tertiary/aromatic N) is 1. The molecule has 0 bridgehead atoms. The fourth-order valence-electron chi connectivity index (χ4n) is 1.87. The number of amides is 1. The summed E-state index contributed by atoms with van der Waals surface area (Å²) < 4.78 is 10.6. The predicted molar refractivity (Wildman–Crippen MR) is 80.2 cm³/mol. The number of ether oxygens (including phenoxy) is 2. The van der Waals surface area contributed by atoms with Gasteiger partial charge in [0.15, 0.2) is 6.10 Å². The second kappa shape index (κ2) is 8.29. The minimum Gasteiger partial charge on any atom is -0.480 e. The smallest absolute Gasteiger partial charge is 0.325 e. The van der Waals surface area contributed by atoms with Gasteiger partial charge in [-0.3, -0.25) is 9.59 Å². The van der Waals surface area contributed by atoms with Gasteiger partial charge in [0.2, 0.25) is 0 Å². The zero-order chi connectivity index (χ0) is 15.8. The molecule has 0 fully saturated rings. The number of likely N-dealkylation sites (N-methyl/N-ethyl adjacent to an activating group) is 1. The molecule has 116 valence electrons. The number of hydrogen-bond acceptors (Lipinski definition) is 4. The first-order valence-electron chi connectivity index (χ1n) is 7.12. The molecule has 1 atom stereocenters. The number of aryl methyl sites for hydroxylation is 1. The van der Waals surface area contributed by atoms with Gasteiger partial charge in [0.1, 0.15) is 12.3 Å². The highest BCUT2D eigenvalue weighted by molar-refractivity contribution is 5.85. The Hall–Kier alpha value is -2.04. The van der Waals surface area contributed by atoms with Gasteiger partial charge in [-0.1, -0.05) is 25.1 Å². The van der Waals surface area contributed by atoms with Crippen molar-refractivity contribution >= 4 is 11.9 Å². The van der Waals surface area contributed by atoms with Gasteiger partial charge in [-0.15, -0.1) is 0 Å². The van der Waals surface area contributed by atoms with E-state index in [-0.39, 0.29) is 12.5 Å². The molecule has 1 rings (SSSR count). The van der Waals surface area contributed by atoms with Crippen LogP contribution in [0.25, 0.3) is 0 Å². The predicted octanol–water partition coefficient (Wildman–Crippen LogP) is 2.17. The maximum Gasteiger partial charge on any atom is 0.325 e. The van der Waals surface area contributed by atoms with E-state index >= 15 is 0 Å². The third-order valence-corrected chi connectivity index (χ3v) is 3.06. The molecule has 5 nitrogen and oxygen atoms in total. The van der Waals surface area contributed by atoms with Crippen LogP contribution in [0.15, 0.2) is 24.3 Å². The molecule has 0 aromatic heterocycles. The van der Waals surface area contributed by atoms with Gasteiger partial charge < -0.3 is 14.4 Å². The topological polar surface area (TPSA) is 55.8 Å². The van der Waals surface area contributed by atoms with E-state index in [9.17, 15) is 9.59 Å². The largest absolute Gasteiger partial charge is 0.480 e. The number of rotatable bonds is 7. The molecule has 1 unspecified atom stereocenters. The Kier molecular flexibility index (Phi) is 6.72. The Morgan fingerprint density at radius 1 is 1.24 bits per heavy atom. The van der Waals surface area contributed by atoms with E-state index < -0.39 is 12.1 Å². The summed E-state index contributed by atoms with van der Waals surface area (Å²) in [6.07, 6.45) is -0.0779. The lowest BCUT2D eigenvalue weighted by Crippen LogP contribution is -2.42. The summed E-state index contributed by atoms with van der Waals surface area (Å²) in [4.78, 5) is 25.1. The van der Waals surface area contributed by atoms with Crippen molar-refractivity contribution in [3.05, 3.63) is 29.8 Å². The maximum absolute atomic E-state index is 12.3. The van der Waals surface area contributed by atoms with Crippen molar-refractivity contribution in [1.82, 2.24) is 4.90 Å². The van der Waals surface area contributed by atoms with Crippen molar-refractivity contribution in [2.45, 2.75) is 33.3 Å². The molecular weight excluding hydrogens is 270 g/mol. The van der Waals surface area contributed by atoms with Gasteiger partial charge in [-0.05, 0) is 31.9 Å². The van der Waals surface area contributed by atoms with Crippen molar-refractivity contribution in [3.8, 4) is 5.75 Å². The molecule has 0 radical (unpaired) electrons. The number of carbonyl (C=O) groups is 2. The fourth-order valence-corrected chi connectivity index (χ4v) is 1.87. The van der Waals surface area contributed by atoms with Crippen LogP contribution in [0, 0.1) is 6.92 Å². The number of benzene rings is 1. The summed E-state index contributed by atoms with van der Waals surface area (Å²) in [5.74, 6) is 0.0372. The Morgan fingerprint density at radius 2 is 1.90 bits per heavy atom. The molecule has 0 aliphatic carbocycles. The Bertz CT molecular complexity index is 487. The van der Waals surface area contributed by atoms with E-state index in [4.69, 9.17) is 9.47 Å². The minimum absolute atomic E-state index is 0.0691. The minimum atomic E-state index is -0.606. The summed E-state index contributed by atoms with van der Waals surface area (Å²) in [6, 6.07) is 7.53. The molecule has 0 aliphatic rings. The second-order valence-electron chi connectivity index (χ2n) is 4.78. The molecule has 0 spiro atoms. The molecule has 0 heterocycles. The monoisotopic (exact) mass is 293 g/mol. The molecule has 1 aromatic rings. The lowest BCUT2D eigenvalue weighted by Gasteiger charge is -2.23. The lowest BCUT2D eigenvalue weighted by atomic mass is 10.2. The standard InChI is InChI=1S/C16H23NO4/c1-5-13(21-14-10-8-7-9-12(14)3)16(19)17(4)11-15(18)20-6-2/h7-10,13H,5-6,11H2,1-4H3. The van der Waals surface area contributed by atoms with Crippen molar-refractivity contribution in [2.24, 2.45) is 0 Å². The van der Waals surface area contributed by atoms with E-state index in [0.29, 0.717) is 18.8 Å². The van der Waals surface area contributed by atoms with Gasteiger partial charge >= 0.3 is 5.97 Å². The first-order chi connectivity index (χ1) is 9.99. The summed E-state index contributed by atoms with van der Waals surface area (Å²) in [5, 5.41) is 0. The van der Waals surface area contributed by atoms with Crippen LogP contribution in [-0.2, 0) is 14.3 Å². The summed E-state index contributed by atoms with van der Waals surface area (Å²) in [6.45, 7) is 5.77. The van der Waals surface area contributed by atoms with Crippen LogP contribution in [0.3, 0.4) is 0 Å². The van der Waals surface area contributed by atoms with Gasteiger partial charge in [0.05, 0.1) is 6.61 Å². The first kappa shape index (κ1) is 17.0. The molecule has 21 heavy (non-hydrogen) atoms. The Labute approximate surface area is 125 Å². The van der Waals surface area contributed by atoms with Gasteiger partial charge in [-0.25, -0.2) is 0 Å². The lowest BCUT2D eigenvalue weighted by molar-refractivity contribution is -0.150. The Balaban J connectivity index is 2.69. The summed E-state index contributed by atoms with van der Waals surface area (Å²) in [7, 11) is 1.57. The van der Waals surface area contributed by atoms with Crippen molar-refractivity contribution in [3.63, 3.8) is 0 Å². The Morgan fingerprint density at radius 3 is 2.48 bits per heavy atom. The number of para-hydroxylation sites is 1. The van der Waals surface area contributed by atoms with Crippen LogP contribution in [0.5, 0.6) is 5.75 Å². The highest BCUT2D eigenvalue weighted by atomic mass is 16.5. The zero-order valence-corrected chi connectivity index (χ0v) is 13.1. The van der Waals surface area contributed by atoms with Crippen LogP contribution in [-0.4, -0.2) is 43.1 Å². The van der Waals surface area contributed by atoms with E-state index in [1.165, 1.54) is 4.90 Å². The fraction of sp³-hybridized carbons (Fsp3) is 0.500. The summed E-state index contributed by atoms with van der Waals surface area (Å²) >= 11 is 0. The van der Waals surface area contributed by atoms with Crippen LogP contribution < -0.4 is 4.74 Å². The number of hydrogen-bond donors (Lipinski definition) is 0. The van der Waals surface area contributed by atoms with E-state index in [0.717, 1.165) is 5.56 Å². The van der Waals surface area contributed by atoms with Gasteiger partial charge in [-0.2, -0.15) is 0 Å². The first-order valence-corrected chi connectivity index (χ1v) is 7.12. The van der Waals surface area contributed by atoms with Crippen LogP contribution in [0.2, 0.25) is 0 Å². The number of carbonyl (C=O) groups excluding carboxylic acids is 2. The zero-order valence-electron chi connectivity index (χ0n) is 13.1. The molecule has 1 aromatic carbocycles. The third-order valence-electron chi connectivity index (χ3n) is 3.06. The van der Waals surface area contributed by atoms with Crippen molar-refractivity contribution in [2.75, 3.05) is 20.2 Å². The quantitative estimate of drug-likeness (QED) is 0.723. The molecular formula is C16H23NO4. The van der Waals surface area contributed by atoms with E-state index in [1.54, 1.807) is 14.0 Å². The second-order valence-corrected chi connectivity index (χ2v) is 4.78. The van der Waals surface area contributed by atoms with Crippen LogP contribution in [0.4, 0.5) is 0 Å². The van der Waals surface area contributed by atoms with Crippen LogP contribution >= 0.6 is 0 Å². The molecule has 0 aliphatic heterocycles. The maximum atomic E-state index is 12.3. The number of esters is 1. The molecule has 0 N–H and O–H groups in total. The normalized spacial score (nSPS) is 11.6. The average molecular weight is 293 g/mol.